The van der Waals surface area contributed by atoms with Crippen molar-refractivity contribution >= 4 is 5.69 Å². The maximum Gasteiger partial charge on any atom is 0.145 e. The first-order chi connectivity index (χ1) is 8.12. The van der Waals surface area contributed by atoms with E-state index in [1.165, 1.54) is 6.20 Å². The number of hydrogen-bond acceptors (Lipinski definition) is 4. The van der Waals surface area contributed by atoms with E-state index in [0.717, 1.165) is 22.6 Å². The minimum Gasteiger partial charge on any atom is -0.496 e. The van der Waals surface area contributed by atoms with Gasteiger partial charge in [0.25, 0.3) is 0 Å². The van der Waals surface area contributed by atoms with Crippen molar-refractivity contribution < 1.29 is 4.74 Å². The van der Waals surface area contributed by atoms with Gasteiger partial charge in [-0.2, -0.15) is 10.5 Å². The molecule has 0 atom stereocenters. The molecule has 0 aliphatic rings. The van der Waals surface area contributed by atoms with Crippen LogP contribution in [0, 0.1) is 36.5 Å². The molecule has 0 aliphatic carbocycles. The van der Waals surface area contributed by atoms with Gasteiger partial charge in [-0.15, -0.1) is 0 Å². The Balaban J connectivity index is 3.02. The SMILES string of the molecule is COc1cc(C)c(NC=C(C#N)C#N)cc1C. The lowest BCUT2D eigenvalue weighted by molar-refractivity contribution is 0.411. The molecule has 4 heteroatoms. The standard InChI is InChI=1S/C13H13N3O/c1-9-5-13(17-3)10(2)4-12(9)16-8-11(6-14)7-15/h4-5,8,16H,1-3H3. The summed E-state index contributed by atoms with van der Waals surface area (Å²) in [5.74, 6) is 0.817. The summed E-state index contributed by atoms with van der Waals surface area (Å²) < 4.78 is 5.20. The van der Waals surface area contributed by atoms with Gasteiger partial charge in [0.1, 0.15) is 23.5 Å². The number of allylic oxidation sites excluding steroid dienone is 1. The second kappa shape index (κ2) is 5.58. The highest BCUT2D eigenvalue weighted by atomic mass is 16.5. The highest BCUT2D eigenvalue weighted by Crippen LogP contribution is 2.25. The number of nitriles is 2. The van der Waals surface area contributed by atoms with Crippen molar-refractivity contribution in [3.8, 4) is 17.9 Å². The highest BCUT2D eigenvalue weighted by molar-refractivity contribution is 5.59. The quantitative estimate of drug-likeness (QED) is 0.806. The summed E-state index contributed by atoms with van der Waals surface area (Å²) in [5.41, 5.74) is 2.87. The Bertz CT molecular complexity index is 517. The summed E-state index contributed by atoms with van der Waals surface area (Å²) in [6.07, 6.45) is 1.40. The molecule has 4 nitrogen and oxygen atoms in total. The third-order valence-corrected chi connectivity index (χ3v) is 2.35. The lowest BCUT2D eigenvalue weighted by atomic mass is 10.1. The maximum atomic E-state index is 8.61. The maximum absolute atomic E-state index is 8.61. The van der Waals surface area contributed by atoms with E-state index < -0.39 is 0 Å². The van der Waals surface area contributed by atoms with Crippen molar-refractivity contribution in [3.05, 3.63) is 35.0 Å². The minimum atomic E-state index is 0.0397. The molecule has 1 aromatic carbocycles. The van der Waals surface area contributed by atoms with Crippen molar-refractivity contribution in [2.24, 2.45) is 0 Å². The van der Waals surface area contributed by atoms with Crippen LogP contribution in [0.3, 0.4) is 0 Å². The third kappa shape index (κ3) is 2.99. The molecule has 0 amide bonds. The molecular weight excluding hydrogens is 214 g/mol. The van der Waals surface area contributed by atoms with Crippen molar-refractivity contribution in [2.45, 2.75) is 13.8 Å². The van der Waals surface area contributed by atoms with Gasteiger partial charge in [-0.25, -0.2) is 0 Å². The molecule has 0 spiro atoms. The number of anilines is 1. The zero-order valence-electron chi connectivity index (χ0n) is 10.0. The van der Waals surface area contributed by atoms with E-state index >= 15 is 0 Å². The number of nitrogens with zero attached hydrogens (tertiary/aromatic N) is 2. The van der Waals surface area contributed by atoms with Crippen LogP contribution in [0.15, 0.2) is 23.9 Å². The van der Waals surface area contributed by atoms with Crippen molar-refractivity contribution in [1.82, 2.24) is 0 Å². The summed E-state index contributed by atoms with van der Waals surface area (Å²) in [5, 5.41) is 20.2. The number of ether oxygens (including phenoxy) is 1. The summed E-state index contributed by atoms with van der Waals surface area (Å²) in [6, 6.07) is 7.40. The number of rotatable bonds is 3. The Labute approximate surface area is 101 Å². The molecule has 0 unspecified atom stereocenters. The number of benzene rings is 1. The van der Waals surface area contributed by atoms with Gasteiger partial charge < -0.3 is 10.1 Å². The summed E-state index contributed by atoms with van der Waals surface area (Å²) >= 11 is 0. The number of hydrogen-bond donors (Lipinski definition) is 1. The Kier molecular flexibility index (Phi) is 4.14. The monoisotopic (exact) mass is 227 g/mol. The number of methoxy groups -OCH3 is 1. The van der Waals surface area contributed by atoms with Crippen LogP contribution in [-0.4, -0.2) is 7.11 Å². The Morgan fingerprint density at radius 3 is 2.41 bits per heavy atom. The molecule has 0 heterocycles. The Hall–Kier alpha value is -2.46. The van der Waals surface area contributed by atoms with Crippen LogP contribution in [-0.2, 0) is 0 Å². The van der Waals surface area contributed by atoms with Crippen LogP contribution in [0.1, 0.15) is 11.1 Å². The van der Waals surface area contributed by atoms with Gasteiger partial charge in [0.05, 0.1) is 7.11 Å². The normalized spacial score (nSPS) is 8.76. The highest BCUT2D eigenvalue weighted by Gasteiger charge is 2.03. The topological polar surface area (TPSA) is 68.8 Å². The van der Waals surface area contributed by atoms with Gasteiger partial charge in [-0.1, -0.05) is 0 Å². The van der Waals surface area contributed by atoms with E-state index in [1.807, 2.05) is 26.0 Å². The molecule has 1 rings (SSSR count). The number of aryl methyl sites for hydroxylation is 2. The van der Waals surface area contributed by atoms with E-state index in [0.29, 0.717) is 0 Å². The van der Waals surface area contributed by atoms with Crippen molar-refractivity contribution in [3.63, 3.8) is 0 Å². The lowest BCUT2D eigenvalue weighted by Crippen LogP contribution is -1.96. The molecule has 0 fully saturated rings. The summed E-state index contributed by atoms with van der Waals surface area (Å²) in [6.45, 7) is 3.86. The molecule has 0 saturated heterocycles. The molecule has 1 N–H and O–H groups in total. The van der Waals surface area contributed by atoms with Crippen LogP contribution >= 0.6 is 0 Å². The summed E-state index contributed by atoms with van der Waals surface area (Å²) in [4.78, 5) is 0. The average molecular weight is 227 g/mol. The van der Waals surface area contributed by atoms with Gasteiger partial charge in [0.15, 0.2) is 0 Å². The van der Waals surface area contributed by atoms with Gasteiger partial charge in [0, 0.05) is 11.9 Å². The fraction of sp³-hybridized carbons (Fsp3) is 0.231. The smallest absolute Gasteiger partial charge is 0.145 e. The molecule has 0 saturated carbocycles. The first kappa shape index (κ1) is 12.6. The van der Waals surface area contributed by atoms with Crippen LogP contribution in [0.2, 0.25) is 0 Å². The zero-order valence-corrected chi connectivity index (χ0v) is 10.0. The lowest BCUT2D eigenvalue weighted by Gasteiger charge is -2.10. The largest absolute Gasteiger partial charge is 0.496 e. The predicted octanol–water partition coefficient (Wildman–Crippen LogP) is 2.66. The molecule has 0 bridgehead atoms. The van der Waals surface area contributed by atoms with Crippen LogP contribution in [0.5, 0.6) is 5.75 Å². The fourth-order valence-corrected chi connectivity index (χ4v) is 1.40. The van der Waals surface area contributed by atoms with Gasteiger partial charge in [-0.3, -0.25) is 0 Å². The molecule has 0 aromatic heterocycles. The van der Waals surface area contributed by atoms with E-state index in [-0.39, 0.29) is 5.57 Å². The molecule has 0 radical (unpaired) electrons. The van der Waals surface area contributed by atoms with E-state index in [1.54, 1.807) is 19.2 Å². The molecule has 86 valence electrons. The van der Waals surface area contributed by atoms with Crippen LogP contribution in [0.25, 0.3) is 0 Å². The molecule has 0 aliphatic heterocycles. The van der Waals surface area contributed by atoms with Crippen molar-refractivity contribution in [1.29, 1.82) is 10.5 Å². The first-order valence-electron chi connectivity index (χ1n) is 5.04. The second-order valence-corrected chi connectivity index (χ2v) is 3.56. The fourth-order valence-electron chi connectivity index (χ4n) is 1.40. The molecular formula is C13H13N3O. The van der Waals surface area contributed by atoms with E-state index in [2.05, 4.69) is 5.32 Å². The van der Waals surface area contributed by atoms with Gasteiger partial charge in [0.2, 0.25) is 0 Å². The van der Waals surface area contributed by atoms with Crippen LogP contribution < -0.4 is 10.1 Å². The van der Waals surface area contributed by atoms with Gasteiger partial charge >= 0.3 is 0 Å². The van der Waals surface area contributed by atoms with E-state index in [4.69, 9.17) is 15.3 Å². The molecule has 1 aromatic rings. The second-order valence-electron chi connectivity index (χ2n) is 3.56. The number of nitrogens with one attached hydrogen (secondary N) is 1. The van der Waals surface area contributed by atoms with E-state index in [9.17, 15) is 0 Å². The Morgan fingerprint density at radius 1 is 1.24 bits per heavy atom. The predicted molar refractivity (Wildman–Crippen MR) is 65.4 cm³/mol. The first-order valence-corrected chi connectivity index (χ1v) is 5.04. The van der Waals surface area contributed by atoms with Crippen molar-refractivity contribution in [2.75, 3.05) is 12.4 Å². The minimum absolute atomic E-state index is 0.0397. The third-order valence-electron chi connectivity index (χ3n) is 2.35. The molecule has 17 heavy (non-hydrogen) atoms. The van der Waals surface area contributed by atoms with Gasteiger partial charge in [-0.05, 0) is 37.1 Å². The summed E-state index contributed by atoms with van der Waals surface area (Å²) in [7, 11) is 1.62. The van der Waals surface area contributed by atoms with Crippen LogP contribution in [0.4, 0.5) is 5.69 Å². The average Bonchev–Trinajstić information content (AvgIpc) is 2.34. The zero-order chi connectivity index (χ0) is 12.8. The Morgan fingerprint density at radius 2 is 1.88 bits per heavy atom.